The van der Waals surface area contributed by atoms with E-state index in [9.17, 15) is 9.90 Å². The number of nitrogens with zero attached hydrogens (tertiary/aromatic N) is 1. The number of hydrogen-bond donors (Lipinski definition) is 1. The summed E-state index contributed by atoms with van der Waals surface area (Å²) in [7, 11) is -2.52. The molecule has 0 radical (unpaired) electrons. The Morgan fingerprint density at radius 1 is 1.21 bits per heavy atom. The summed E-state index contributed by atoms with van der Waals surface area (Å²) in [5, 5.41) is 10.6. The van der Waals surface area contributed by atoms with Gasteiger partial charge in [-0.2, -0.15) is 0 Å². The number of esters is 1. The van der Waals surface area contributed by atoms with Crippen molar-refractivity contribution >= 4 is 22.4 Å². The Kier molecular flexibility index (Phi) is 6.38. The Bertz CT molecular complexity index is 440. The number of rotatable bonds is 6. The van der Waals surface area contributed by atoms with Gasteiger partial charge in [-0.05, 0) is 51.2 Å². The highest BCUT2D eigenvalue weighted by Gasteiger charge is 2.49. The summed E-state index contributed by atoms with van der Waals surface area (Å²) < 4.78 is 8.23. The molecule has 1 aliphatic heterocycles. The van der Waals surface area contributed by atoms with E-state index >= 15 is 0 Å². The zero-order chi connectivity index (χ0) is 18.0. The van der Waals surface area contributed by atoms with Crippen LogP contribution in [0.5, 0.6) is 0 Å². The van der Waals surface area contributed by atoms with Crippen molar-refractivity contribution in [3.8, 4) is 0 Å². The molecule has 0 spiro atoms. The molecule has 2 rings (SSSR count). The van der Waals surface area contributed by atoms with Gasteiger partial charge in [-0.1, -0.05) is 39.0 Å². The van der Waals surface area contributed by atoms with Crippen molar-refractivity contribution in [1.82, 2.24) is 4.23 Å². The lowest BCUT2D eigenvalue weighted by Crippen LogP contribution is -2.55. The molecule has 4 nitrogen and oxygen atoms in total. The van der Waals surface area contributed by atoms with Crippen LogP contribution in [0.4, 0.5) is 0 Å². The van der Waals surface area contributed by atoms with E-state index in [1.165, 1.54) is 12.1 Å². The number of hydrogen-bond acceptors (Lipinski definition) is 4. The third-order valence-electron chi connectivity index (χ3n) is 6.48. The quantitative estimate of drug-likeness (QED) is 0.567. The second kappa shape index (κ2) is 7.60. The van der Waals surface area contributed by atoms with Crippen LogP contribution in [0.25, 0.3) is 0 Å². The van der Waals surface area contributed by atoms with Gasteiger partial charge in [-0.25, -0.2) is 0 Å². The van der Waals surface area contributed by atoms with E-state index in [2.05, 4.69) is 30.4 Å². The van der Waals surface area contributed by atoms with Crippen LogP contribution in [-0.4, -0.2) is 51.0 Å². The van der Waals surface area contributed by atoms with Gasteiger partial charge < -0.3 is 14.1 Å². The highest BCUT2D eigenvalue weighted by Crippen LogP contribution is 2.43. The van der Waals surface area contributed by atoms with Crippen molar-refractivity contribution in [3.05, 3.63) is 0 Å². The molecule has 1 saturated carbocycles. The second-order valence-corrected chi connectivity index (χ2v) is 18.8. The summed E-state index contributed by atoms with van der Waals surface area (Å²) in [6, 6.07) is 2.83. The van der Waals surface area contributed by atoms with E-state index < -0.39 is 28.0 Å². The number of aliphatic hydroxyl groups is 1. The zero-order valence-electron chi connectivity index (χ0n) is 16.4. The number of carbonyl (C=O) groups is 1. The molecule has 0 bridgehead atoms. The molecule has 2 atom stereocenters. The molecule has 6 heteroatoms. The summed E-state index contributed by atoms with van der Waals surface area (Å²) in [5.41, 5.74) is -0.647. The van der Waals surface area contributed by atoms with Crippen LogP contribution in [0.15, 0.2) is 0 Å². The van der Waals surface area contributed by atoms with E-state index in [0.29, 0.717) is 6.61 Å². The zero-order valence-corrected chi connectivity index (χ0v) is 18.4. The van der Waals surface area contributed by atoms with Crippen molar-refractivity contribution in [2.45, 2.75) is 89.8 Å². The number of carbonyl (C=O) groups excluding carboxylic acids is 1. The molecule has 0 unspecified atom stereocenters. The molecule has 1 heterocycles. The molecule has 24 heavy (non-hydrogen) atoms. The molecule has 0 aromatic carbocycles. The summed E-state index contributed by atoms with van der Waals surface area (Å²) in [6.45, 7) is 13.3. The first-order valence-corrected chi connectivity index (χ1v) is 16.1. The molecule has 0 aromatic heterocycles. The van der Waals surface area contributed by atoms with Gasteiger partial charge in [-0.15, -0.1) is 0 Å². The maximum atomic E-state index is 12.6. The minimum atomic E-state index is -1.26. The normalized spacial score (nSPS) is 32.7. The SMILES string of the molecule is CCOC(=O)[C@]1(CCCN2[Si](C)(C)CC[Si]2(C)C)CCCC[C@@H]1O. The number of ether oxygens (including phenoxy) is 1. The first kappa shape index (κ1) is 20.1. The number of aliphatic hydroxyl groups excluding tert-OH is 1. The van der Waals surface area contributed by atoms with E-state index in [4.69, 9.17) is 4.74 Å². The summed E-state index contributed by atoms with van der Waals surface area (Å²) in [6.07, 6.45) is 4.83. The first-order valence-electron chi connectivity index (χ1n) is 9.79. The van der Waals surface area contributed by atoms with E-state index in [-0.39, 0.29) is 5.97 Å². The molecule has 2 fully saturated rings. The van der Waals surface area contributed by atoms with Gasteiger partial charge in [0.15, 0.2) is 0 Å². The van der Waals surface area contributed by atoms with Crippen molar-refractivity contribution in [1.29, 1.82) is 0 Å². The maximum Gasteiger partial charge on any atom is 0.314 e. The Balaban J connectivity index is 2.04. The molecule has 0 aromatic rings. The highest BCUT2D eigenvalue weighted by molar-refractivity contribution is 6.95. The van der Waals surface area contributed by atoms with Gasteiger partial charge in [-0.3, -0.25) is 4.79 Å². The van der Waals surface area contributed by atoms with Crippen molar-refractivity contribution in [2.24, 2.45) is 5.41 Å². The van der Waals surface area contributed by atoms with Crippen LogP contribution in [0, 0.1) is 5.41 Å². The Morgan fingerprint density at radius 2 is 1.83 bits per heavy atom. The minimum absolute atomic E-state index is 0.161. The van der Waals surface area contributed by atoms with Crippen LogP contribution in [0.3, 0.4) is 0 Å². The third-order valence-corrected chi connectivity index (χ3v) is 16.9. The first-order chi connectivity index (χ1) is 11.2. The van der Waals surface area contributed by atoms with Gasteiger partial charge in [0, 0.05) is 0 Å². The van der Waals surface area contributed by atoms with Crippen molar-refractivity contribution in [2.75, 3.05) is 13.2 Å². The average Bonchev–Trinajstić information content (AvgIpc) is 2.71. The second-order valence-electron chi connectivity index (χ2n) is 9.02. The Morgan fingerprint density at radius 3 is 2.38 bits per heavy atom. The molecule has 1 saturated heterocycles. The van der Waals surface area contributed by atoms with E-state index in [1.54, 1.807) is 0 Å². The lowest BCUT2D eigenvalue weighted by Gasteiger charge is -2.42. The predicted octanol–water partition coefficient (Wildman–Crippen LogP) is 3.98. The fourth-order valence-corrected chi connectivity index (χ4v) is 19.2. The highest BCUT2D eigenvalue weighted by atomic mass is 28.4. The van der Waals surface area contributed by atoms with Crippen molar-refractivity contribution < 1.29 is 14.6 Å². The summed E-state index contributed by atoms with van der Waals surface area (Å²) in [5.74, 6) is -0.161. The molecular formula is C18H37NO3Si2. The molecule has 1 N–H and O–H groups in total. The molecule has 140 valence electrons. The lowest BCUT2D eigenvalue weighted by atomic mass is 9.69. The minimum Gasteiger partial charge on any atom is -0.465 e. The summed E-state index contributed by atoms with van der Waals surface area (Å²) >= 11 is 0. The van der Waals surface area contributed by atoms with Gasteiger partial charge in [0.2, 0.25) is 0 Å². The molecule has 0 amide bonds. The van der Waals surface area contributed by atoms with Crippen LogP contribution in [-0.2, 0) is 9.53 Å². The van der Waals surface area contributed by atoms with Crippen LogP contribution in [0.2, 0.25) is 38.3 Å². The topological polar surface area (TPSA) is 49.8 Å². The van der Waals surface area contributed by atoms with Gasteiger partial charge in [0.25, 0.3) is 0 Å². The standard InChI is InChI=1S/C18H37NO3Si2/c1-6-22-17(21)18(11-8-7-10-16(18)20)12-9-13-19-23(2,3)14-15-24(19,4)5/h16,20H,6-15H2,1-5H3/t16-,18-/m0/s1. The van der Waals surface area contributed by atoms with Crippen LogP contribution < -0.4 is 0 Å². The Hall–Kier alpha value is -0.176. The Labute approximate surface area is 150 Å². The molecular weight excluding hydrogens is 334 g/mol. The van der Waals surface area contributed by atoms with Crippen molar-refractivity contribution in [3.63, 3.8) is 0 Å². The fourth-order valence-electron chi connectivity index (χ4n) is 4.99. The van der Waals surface area contributed by atoms with E-state index in [0.717, 1.165) is 45.1 Å². The fraction of sp³-hybridized carbons (Fsp3) is 0.944. The van der Waals surface area contributed by atoms with Gasteiger partial charge >= 0.3 is 5.97 Å². The maximum absolute atomic E-state index is 12.6. The average molecular weight is 372 g/mol. The molecule has 1 aliphatic carbocycles. The monoisotopic (exact) mass is 371 g/mol. The molecule has 2 aliphatic rings. The lowest BCUT2D eigenvalue weighted by molar-refractivity contribution is -0.167. The van der Waals surface area contributed by atoms with Gasteiger partial charge in [0.05, 0.1) is 18.1 Å². The van der Waals surface area contributed by atoms with Crippen LogP contribution in [0.1, 0.15) is 45.4 Å². The summed E-state index contributed by atoms with van der Waals surface area (Å²) in [4.78, 5) is 12.6. The third kappa shape index (κ3) is 3.97. The smallest absolute Gasteiger partial charge is 0.314 e. The largest absolute Gasteiger partial charge is 0.465 e. The van der Waals surface area contributed by atoms with Crippen LogP contribution >= 0.6 is 0 Å². The van der Waals surface area contributed by atoms with E-state index in [1.807, 2.05) is 6.92 Å². The predicted molar refractivity (Wildman–Crippen MR) is 104 cm³/mol. The van der Waals surface area contributed by atoms with Gasteiger partial charge in [0.1, 0.15) is 16.5 Å².